The van der Waals surface area contributed by atoms with E-state index in [1.54, 1.807) is 0 Å². The summed E-state index contributed by atoms with van der Waals surface area (Å²) in [5, 5.41) is 5.39. The van der Waals surface area contributed by atoms with E-state index in [-0.39, 0.29) is 0 Å². The lowest BCUT2D eigenvalue weighted by molar-refractivity contribution is 0.631. The molecule has 3 aromatic rings. The molecule has 1 aliphatic carbocycles. The van der Waals surface area contributed by atoms with Gasteiger partial charge >= 0.3 is 0 Å². The molecule has 0 saturated heterocycles. The Kier molecular flexibility index (Phi) is 3.21. The zero-order valence-corrected chi connectivity index (χ0v) is 12.4. The summed E-state index contributed by atoms with van der Waals surface area (Å²) in [6.07, 6.45) is 2.57. The van der Waals surface area contributed by atoms with Crippen LogP contribution in [0.1, 0.15) is 18.4 Å². The summed E-state index contributed by atoms with van der Waals surface area (Å²) in [7, 11) is 0. The van der Waals surface area contributed by atoms with Gasteiger partial charge in [0.25, 0.3) is 0 Å². The molecule has 4 rings (SSSR count). The molecule has 21 heavy (non-hydrogen) atoms. The van der Waals surface area contributed by atoms with E-state index < -0.39 is 0 Å². The highest BCUT2D eigenvalue weighted by molar-refractivity contribution is 6.31. The predicted octanol–water partition coefficient (Wildman–Crippen LogP) is 5.01. The standard InChI is InChI=1S/C18H16ClNO/c19-16-9-13(5-6-14(16)11-20-15-7-8-15)18-10-12-3-1-2-4-17(12)21-18/h1-6,9-10,15,20H,7-8,11H2. The SMILES string of the molecule is Clc1cc(-c2cc3ccccc3o2)ccc1CNC1CC1. The minimum atomic E-state index is 0.691. The number of furan rings is 1. The molecular weight excluding hydrogens is 282 g/mol. The van der Waals surface area contributed by atoms with E-state index in [4.69, 9.17) is 16.0 Å². The second kappa shape index (κ2) is 5.21. The summed E-state index contributed by atoms with van der Waals surface area (Å²) in [5.74, 6) is 0.861. The molecule has 1 saturated carbocycles. The molecule has 0 bridgehead atoms. The lowest BCUT2D eigenvalue weighted by Gasteiger charge is -2.07. The summed E-state index contributed by atoms with van der Waals surface area (Å²) in [5.41, 5.74) is 3.07. The molecule has 1 fully saturated rings. The third kappa shape index (κ3) is 2.69. The summed E-state index contributed by atoms with van der Waals surface area (Å²) in [6.45, 7) is 0.837. The van der Waals surface area contributed by atoms with E-state index in [9.17, 15) is 0 Å². The van der Waals surface area contributed by atoms with Gasteiger partial charge in [0.15, 0.2) is 0 Å². The summed E-state index contributed by atoms with van der Waals surface area (Å²) >= 11 is 6.40. The van der Waals surface area contributed by atoms with E-state index in [0.717, 1.165) is 39.4 Å². The average molecular weight is 298 g/mol. The lowest BCUT2D eigenvalue weighted by atomic mass is 10.1. The Morgan fingerprint density at radius 3 is 2.71 bits per heavy atom. The third-order valence-electron chi connectivity index (χ3n) is 3.92. The van der Waals surface area contributed by atoms with Crippen molar-refractivity contribution in [1.82, 2.24) is 5.32 Å². The molecule has 0 radical (unpaired) electrons. The smallest absolute Gasteiger partial charge is 0.135 e. The third-order valence-corrected chi connectivity index (χ3v) is 4.27. The quantitative estimate of drug-likeness (QED) is 0.732. The molecule has 1 N–H and O–H groups in total. The van der Waals surface area contributed by atoms with Crippen LogP contribution in [0.5, 0.6) is 0 Å². The van der Waals surface area contributed by atoms with Gasteiger partial charge in [0.2, 0.25) is 0 Å². The number of fused-ring (bicyclic) bond motifs is 1. The maximum atomic E-state index is 6.40. The summed E-state index contributed by atoms with van der Waals surface area (Å²) in [4.78, 5) is 0. The fourth-order valence-corrected chi connectivity index (χ4v) is 2.76. The van der Waals surface area contributed by atoms with Crippen molar-refractivity contribution in [1.29, 1.82) is 0 Å². The lowest BCUT2D eigenvalue weighted by Crippen LogP contribution is -2.15. The Balaban J connectivity index is 1.63. The zero-order valence-electron chi connectivity index (χ0n) is 11.6. The zero-order chi connectivity index (χ0) is 14.2. The maximum absolute atomic E-state index is 6.40. The molecule has 2 nitrogen and oxygen atoms in total. The van der Waals surface area contributed by atoms with Crippen molar-refractivity contribution < 1.29 is 4.42 Å². The topological polar surface area (TPSA) is 25.2 Å². The van der Waals surface area contributed by atoms with E-state index in [1.165, 1.54) is 12.8 Å². The van der Waals surface area contributed by atoms with Gasteiger partial charge in [0, 0.05) is 28.6 Å². The van der Waals surface area contributed by atoms with Crippen molar-refractivity contribution >= 4 is 22.6 Å². The number of rotatable bonds is 4. The highest BCUT2D eigenvalue weighted by atomic mass is 35.5. The first kappa shape index (κ1) is 12.9. The van der Waals surface area contributed by atoms with Crippen LogP contribution < -0.4 is 5.32 Å². The Labute approximate surface area is 128 Å². The minimum absolute atomic E-state index is 0.691. The Bertz CT molecular complexity index is 756. The van der Waals surface area contributed by atoms with E-state index in [0.29, 0.717) is 6.04 Å². The second-order valence-electron chi connectivity index (χ2n) is 5.61. The van der Waals surface area contributed by atoms with Gasteiger partial charge in [-0.15, -0.1) is 0 Å². The van der Waals surface area contributed by atoms with Crippen LogP contribution in [0.2, 0.25) is 5.02 Å². The Morgan fingerprint density at radius 2 is 1.95 bits per heavy atom. The number of benzene rings is 2. The number of halogens is 1. The number of para-hydroxylation sites is 1. The molecule has 0 spiro atoms. The average Bonchev–Trinajstić information content (AvgIpc) is 3.22. The van der Waals surface area contributed by atoms with Gasteiger partial charge in [0.05, 0.1) is 0 Å². The van der Waals surface area contributed by atoms with Crippen molar-refractivity contribution in [3.63, 3.8) is 0 Å². The van der Waals surface area contributed by atoms with Crippen LogP contribution in [0.15, 0.2) is 52.9 Å². The highest BCUT2D eigenvalue weighted by Gasteiger charge is 2.20. The van der Waals surface area contributed by atoms with E-state index in [1.807, 2.05) is 24.3 Å². The van der Waals surface area contributed by atoms with Gasteiger partial charge in [-0.25, -0.2) is 0 Å². The molecule has 0 unspecified atom stereocenters. The molecule has 0 atom stereocenters. The van der Waals surface area contributed by atoms with Crippen LogP contribution in [0.3, 0.4) is 0 Å². The summed E-state index contributed by atoms with van der Waals surface area (Å²) in [6, 6.07) is 16.9. The molecule has 0 amide bonds. The fourth-order valence-electron chi connectivity index (χ4n) is 2.51. The molecule has 1 heterocycles. The van der Waals surface area contributed by atoms with E-state index in [2.05, 4.69) is 29.6 Å². The predicted molar refractivity (Wildman–Crippen MR) is 86.5 cm³/mol. The van der Waals surface area contributed by atoms with Gasteiger partial charge in [0.1, 0.15) is 11.3 Å². The number of hydrogen-bond donors (Lipinski definition) is 1. The largest absolute Gasteiger partial charge is 0.456 e. The van der Waals surface area contributed by atoms with Gasteiger partial charge < -0.3 is 9.73 Å². The van der Waals surface area contributed by atoms with Crippen molar-refractivity contribution in [2.45, 2.75) is 25.4 Å². The first-order valence-electron chi connectivity index (χ1n) is 7.30. The van der Waals surface area contributed by atoms with E-state index >= 15 is 0 Å². The first-order chi connectivity index (χ1) is 10.3. The van der Waals surface area contributed by atoms with Gasteiger partial charge in [-0.05, 0) is 36.6 Å². The molecule has 1 aliphatic rings. The van der Waals surface area contributed by atoms with Crippen LogP contribution in [-0.2, 0) is 6.54 Å². The van der Waals surface area contributed by atoms with Crippen molar-refractivity contribution in [3.8, 4) is 11.3 Å². The van der Waals surface area contributed by atoms with Crippen molar-refractivity contribution in [2.75, 3.05) is 0 Å². The molecule has 0 aliphatic heterocycles. The van der Waals surface area contributed by atoms with Crippen molar-refractivity contribution in [2.24, 2.45) is 0 Å². The maximum Gasteiger partial charge on any atom is 0.135 e. The van der Waals surface area contributed by atoms with Crippen LogP contribution >= 0.6 is 11.6 Å². The molecule has 2 aromatic carbocycles. The van der Waals surface area contributed by atoms with Crippen LogP contribution in [0.25, 0.3) is 22.3 Å². The normalized spacial score (nSPS) is 14.7. The Hall–Kier alpha value is -1.77. The fraction of sp³-hybridized carbons (Fsp3) is 0.222. The molecule has 106 valence electrons. The molecule has 1 aromatic heterocycles. The number of hydrogen-bond acceptors (Lipinski definition) is 2. The monoisotopic (exact) mass is 297 g/mol. The van der Waals surface area contributed by atoms with Gasteiger partial charge in [-0.2, -0.15) is 0 Å². The minimum Gasteiger partial charge on any atom is -0.456 e. The number of nitrogens with one attached hydrogen (secondary N) is 1. The highest BCUT2D eigenvalue weighted by Crippen LogP contribution is 2.31. The van der Waals surface area contributed by atoms with Gasteiger partial charge in [-0.3, -0.25) is 0 Å². The molecular formula is C18H16ClNO. The summed E-state index contributed by atoms with van der Waals surface area (Å²) < 4.78 is 5.88. The van der Waals surface area contributed by atoms with Gasteiger partial charge in [-0.1, -0.05) is 41.9 Å². The first-order valence-corrected chi connectivity index (χ1v) is 7.68. The van der Waals surface area contributed by atoms with Crippen molar-refractivity contribution in [3.05, 3.63) is 59.1 Å². The Morgan fingerprint density at radius 1 is 1.10 bits per heavy atom. The van der Waals surface area contributed by atoms with Crippen LogP contribution in [-0.4, -0.2) is 6.04 Å². The molecule has 3 heteroatoms. The van der Waals surface area contributed by atoms with Crippen LogP contribution in [0.4, 0.5) is 0 Å². The van der Waals surface area contributed by atoms with Crippen LogP contribution in [0, 0.1) is 0 Å². The second-order valence-corrected chi connectivity index (χ2v) is 6.02.